The summed E-state index contributed by atoms with van der Waals surface area (Å²) in [6.07, 6.45) is -2.86. The predicted molar refractivity (Wildman–Crippen MR) is 315 cm³/mol. The maximum atomic E-state index is 16.6. The van der Waals surface area contributed by atoms with E-state index in [1.807, 2.05) is 25.6 Å². The number of hydrogen-bond acceptors (Lipinski definition) is 24. The largest absolute Gasteiger partial charge is 0.472 e. The maximum Gasteiger partial charge on any atom is 0.472 e. The quantitative estimate of drug-likeness (QED) is 0.0235. The van der Waals surface area contributed by atoms with Crippen LogP contribution in [0.25, 0.3) is 22.3 Å². The topological polar surface area (TPSA) is 395 Å². The minimum absolute atomic E-state index is 0.00373. The van der Waals surface area contributed by atoms with Crippen molar-refractivity contribution in [1.29, 1.82) is 0 Å². The molecule has 5 fully saturated rings. The van der Waals surface area contributed by atoms with Crippen molar-refractivity contribution in [3.05, 3.63) is 71.1 Å². The number of nitrogens with one attached hydrogen (secondary N) is 5. The van der Waals surface area contributed by atoms with Crippen LogP contribution in [0.4, 0.5) is 15.0 Å². The number of halogens is 1. The molecule has 1 aromatic carbocycles. The summed E-state index contributed by atoms with van der Waals surface area (Å²) in [6, 6.07) is 6.13. The van der Waals surface area contributed by atoms with Crippen LogP contribution in [0.15, 0.2) is 54.4 Å². The van der Waals surface area contributed by atoms with Gasteiger partial charge in [0.1, 0.15) is 49.1 Å². The highest BCUT2D eigenvalue weighted by Gasteiger charge is 2.53. The van der Waals surface area contributed by atoms with Crippen molar-refractivity contribution in [2.75, 3.05) is 57.7 Å². The van der Waals surface area contributed by atoms with E-state index in [0.717, 1.165) is 42.7 Å². The van der Waals surface area contributed by atoms with Crippen molar-refractivity contribution < 1.29 is 79.4 Å². The van der Waals surface area contributed by atoms with Gasteiger partial charge in [-0.2, -0.15) is 11.8 Å². The summed E-state index contributed by atoms with van der Waals surface area (Å²) in [7, 11) is -5.12. The van der Waals surface area contributed by atoms with E-state index in [2.05, 4.69) is 51.2 Å². The normalized spacial score (nSPS) is 28.7. The number of unbranched alkanes of at least 4 members (excludes halogenated alkanes) is 1. The molecule has 0 saturated carbocycles. The van der Waals surface area contributed by atoms with E-state index in [1.165, 1.54) is 28.1 Å². The molecule has 5 aliphatic rings. The summed E-state index contributed by atoms with van der Waals surface area (Å²) in [5.41, 5.74) is 7.05. The lowest BCUT2D eigenvalue weighted by atomic mass is 9.89. The smallest absolute Gasteiger partial charge is 0.382 e. The van der Waals surface area contributed by atoms with Gasteiger partial charge in [0.05, 0.1) is 70.1 Å². The molecule has 5 aromatic rings. The lowest BCUT2D eigenvalue weighted by molar-refractivity contribution is -0.134. The van der Waals surface area contributed by atoms with Crippen LogP contribution in [0.3, 0.4) is 0 Å². The number of anilines is 1. The van der Waals surface area contributed by atoms with Gasteiger partial charge in [0.2, 0.25) is 11.8 Å². The molecule has 3 unspecified atom stereocenters. The first-order chi connectivity index (χ1) is 42.2. The summed E-state index contributed by atoms with van der Waals surface area (Å²) in [5.74, 6) is -1.17. The fourth-order valence-electron chi connectivity index (χ4n) is 10.8. The average Bonchev–Trinajstić information content (AvgIpc) is 2.23. The van der Waals surface area contributed by atoms with Crippen molar-refractivity contribution in [2.45, 2.75) is 138 Å². The Bertz CT molecular complexity index is 3480. The lowest BCUT2D eigenvalue weighted by Gasteiger charge is -2.28. The number of thioether (sulfide) groups is 1. The number of phosphoric acid groups is 1. The molecule has 35 heteroatoms. The third kappa shape index (κ3) is 16.0. The number of nitrogens with zero attached hydrogens (tertiary/aromatic N) is 7. The minimum atomic E-state index is -5.12. The Morgan fingerprint density at radius 2 is 1.65 bits per heavy atom. The second-order valence-corrected chi connectivity index (χ2v) is 28.9. The van der Waals surface area contributed by atoms with Gasteiger partial charge in [-0.3, -0.25) is 51.2 Å². The number of amides is 4. The number of benzene rings is 1. The molecule has 14 atom stereocenters. The van der Waals surface area contributed by atoms with Gasteiger partial charge < -0.3 is 55.8 Å². The van der Waals surface area contributed by atoms with E-state index in [-0.39, 0.29) is 121 Å². The number of H-pyrrole nitrogens is 1. The molecule has 4 amide bonds. The summed E-state index contributed by atoms with van der Waals surface area (Å²) in [4.78, 5) is 110. The van der Waals surface area contributed by atoms with Crippen molar-refractivity contribution in [3.63, 3.8) is 0 Å². The number of hydrogen-bond donors (Lipinski definition) is 7. The number of carbonyl (C=O) groups excluding carboxylic acids is 5. The number of fused-ring (bicyclic) bond motifs is 5. The number of alkyl halides is 1. The molecule has 0 spiro atoms. The first-order valence-corrected chi connectivity index (χ1v) is 34.4. The Labute approximate surface area is 511 Å². The fourth-order valence-corrected chi connectivity index (χ4v) is 16.8. The fraction of sp³-hybridized carbons (Fsp3) is 0.604. The number of aromatic nitrogens is 8. The Morgan fingerprint density at radius 1 is 0.898 bits per heavy atom. The van der Waals surface area contributed by atoms with Gasteiger partial charge in [0.25, 0.3) is 5.56 Å². The number of carbonyl (C=O) groups is 5. The highest BCUT2D eigenvalue weighted by Crippen LogP contribution is 2.65. The zero-order chi connectivity index (χ0) is 62.3. The molecular weight excluding hydrogens is 1240 g/mol. The van der Waals surface area contributed by atoms with E-state index in [0.29, 0.717) is 29.3 Å². The van der Waals surface area contributed by atoms with Crippen molar-refractivity contribution >= 4 is 95.3 Å². The molecule has 5 saturated heterocycles. The summed E-state index contributed by atoms with van der Waals surface area (Å²) < 4.78 is 94.7. The number of rotatable bonds is 26. The predicted octanol–water partition coefficient (Wildman–Crippen LogP) is 3.75. The molecule has 30 nitrogen and oxygen atoms in total. The second kappa shape index (κ2) is 29.0. The first kappa shape index (κ1) is 65.2. The van der Waals surface area contributed by atoms with Gasteiger partial charge in [-0.1, -0.05) is 44.5 Å². The second-order valence-electron chi connectivity index (χ2n) is 22.2. The Balaban J connectivity index is 0.692. The molecule has 10 rings (SSSR count). The molecule has 9 heterocycles. The summed E-state index contributed by atoms with van der Waals surface area (Å²) in [6.45, 7) is 0.101. The molecule has 8 N–H and O–H groups in total. The maximum absolute atomic E-state index is 16.6. The standard InChI is InChI=1S/C53H70FN13O17P2S2/c1-28(2)33(17-32(68)19-78-15-14-77-13-12-56-40(70)7-5-4-6-39-43-34(23-87-39)64-53(73)65-43)50(71)63-29(3)35(69)16-30-8-10-31(11-9-30)22-88-86(76)80-21-38-46(42(54)52(82-38)67-27-61-44-47(55)57-24-58-48(44)67)84-85(74,75)79-20-37-36(83-86)18-41(81-37)66-26-62-45-49(66)59-25-60-51(45)72/h8-11,24-29,33-34,36-39,41-43,46,52H,4-7,12-23H2,1-3H3,(H,56,70)(H,63,71)(H,74,75)(H2,55,57,58)(H,59,60,72)(H2,64,65,73)/t29-,33-,34-,36-,37+,38+,39?,41+,42+,43-,46+,52+,86?/m0/s1. The van der Waals surface area contributed by atoms with Crippen molar-refractivity contribution in [2.24, 2.45) is 11.8 Å². The number of urea groups is 1. The Kier molecular flexibility index (Phi) is 21.5. The number of ether oxygens (including phenoxy) is 4. The third-order valence-corrected chi connectivity index (χ3v) is 21.8. The molecule has 4 aromatic heterocycles. The van der Waals surface area contributed by atoms with Gasteiger partial charge in [0.15, 0.2) is 46.6 Å². The van der Waals surface area contributed by atoms with Gasteiger partial charge >= 0.3 is 20.7 Å². The third-order valence-electron chi connectivity index (χ3n) is 15.6. The number of imidazole rings is 2. The summed E-state index contributed by atoms with van der Waals surface area (Å²) >= 11 is 2.63. The molecule has 0 aliphatic carbocycles. The van der Waals surface area contributed by atoms with Crippen LogP contribution in [-0.2, 0) is 77.5 Å². The van der Waals surface area contributed by atoms with E-state index < -0.39 is 94.3 Å². The Morgan fingerprint density at radius 3 is 2.45 bits per heavy atom. The summed E-state index contributed by atoms with van der Waals surface area (Å²) in [5, 5.41) is 11.9. The molecule has 478 valence electrons. The number of nitrogens with two attached hydrogens (primary N) is 1. The van der Waals surface area contributed by atoms with Crippen molar-refractivity contribution in [3.8, 4) is 0 Å². The number of ketones is 2. The van der Waals surface area contributed by atoms with Gasteiger partial charge in [-0.05, 0) is 48.2 Å². The van der Waals surface area contributed by atoms with Crippen molar-refractivity contribution in [1.82, 2.24) is 60.3 Å². The van der Waals surface area contributed by atoms with E-state index in [1.54, 1.807) is 31.2 Å². The minimum Gasteiger partial charge on any atom is -0.382 e. The van der Waals surface area contributed by atoms with Crippen LogP contribution in [-0.4, -0.2) is 179 Å². The van der Waals surface area contributed by atoms with Gasteiger partial charge in [-0.25, -0.2) is 43.2 Å². The zero-order valence-corrected chi connectivity index (χ0v) is 51.6. The zero-order valence-electron chi connectivity index (χ0n) is 48.2. The molecule has 0 radical (unpaired) electrons. The van der Waals surface area contributed by atoms with E-state index in [9.17, 15) is 38.2 Å². The highest BCUT2D eigenvalue weighted by atomic mass is 32.7. The number of Topliss-reactive ketones (excluding diaryl/α,β-unsaturated/α-hetero) is 2. The van der Waals surface area contributed by atoms with Crippen LogP contribution < -0.4 is 32.6 Å². The van der Waals surface area contributed by atoms with E-state index >= 15 is 8.96 Å². The first-order valence-electron chi connectivity index (χ1n) is 28.8. The van der Waals surface area contributed by atoms with Gasteiger partial charge in [0, 0.05) is 54.9 Å². The lowest BCUT2D eigenvalue weighted by Crippen LogP contribution is -2.44. The highest BCUT2D eigenvalue weighted by molar-refractivity contribution is 8.54. The molecular formula is C53H70FN13O17P2S2. The number of phosphoric ester groups is 1. The SMILES string of the molecule is CC(C)[C@H](CC(=O)COCCOCCNC(=O)CCCCC1SC[C@@H]2NC(=O)N[C@H]12)C(=O)N[C@@H](C)C(=O)Cc1ccc(CSP2(=O)OC[C@H]3O[C@@H](n4cnc5c(N)ncnc54)[C@H](F)[C@@H]3OP(=O)(O)OC[C@H]3O[C@@H](n4cnc5c(=O)[nH]cnc54)C[C@@H]3O2)cc1. The van der Waals surface area contributed by atoms with Crippen LogP contribution >= 0.6 is 37.8 Å². The van der Waals surface area contributed by atoms with Crippen LogP contribution in [0, 0.1) is 11.8 Å². The van der Waals surface area contributed by atoms with Crippen LogP contribution in [0.5, 0.6) is 0 Å². The van der Waals surface area contributed by atoms with Crippen LogP contribution in [0.1, 0.15) is 82.9 Å². The van der Waals surface area contributed by atoms with Crippen LogP contribution in [0.2, 0.25) is 0 Å². The number of aromatic amines is 1. The molecule has 88 heavy (non-hydrogen) atoms. The average molecular weight is 1310 g/mol. The molecule has 5 aliphatic heterocycles. The van der Waals surface area contributed by atoms with E-state index in [4.69, 9.17) is 42.8 Å². The number of nitrogen functional groups attached to an aromatic ring is 1. The Hall–Kier alpha value is -5.80. The molecule has 0 bridgehead atoms. The van der Waals surface area contributed by atoms with Gasteiger partial charge in [-0.15, -0.1) is 0 Å². The monoisotopic (exact) mass is 1310 g/mol.